The summed E-state index contributed by atoms with van der Waals surface area (Å²) in [6, 6.07) is 5.46. The molecule has 1 aromatic heterocycles. The van der Waals surface area contributed by atoms with Crippen molar-refractivity contribution >= 4 is 28.2 Å². The van der Waals surface area contributed by atoms with Crippen molar-refractivity contribution in [3.8, 4) is 22.6 Å². The van der Waals surface area contributed by atoms with Crippen LogP contribution >= 0.6 is 11.3 Å². The highest BCUT2D eigenvalue weighted by molar-refractivity contribution is 7.15. The number of thiophene rings is 1. The lowest BCUT2D eigenvalue weighted by Crippen LogP contribution is -2.28. The number of amides is 1. The van der Waals surface area contributed by atoms with Gasteiger partial charge in [0.05, 0.1) is 20.8 Å². The second kappa shape index (κ2) is 9.10. The van der Waals surface area contributed by atoms with Gasteiger partial charge in [0.15, 0.2) is 11.5 Å². The number of methoxy groups -OCH3 is 2. The van der Waals surface area contributed by atoms with Gasteiger partial charge in [-0.15, -0.1) is 11.3 Å². The molecule has 1 aliphatic rings. The predicted molar refractivity (Wildman–Crippen MR) is 109 cm³/mol. The number of anilines is 1. The van der Waals surface area contributed by atoms with Crippen molar-refractivity contribution in [2.75, 3.05) is 26.1 Å². The molecule has 0 bridgehead atoms. The Balaban J connectivity index is 1.97. The number of carbonyl (C=O) groups excluding carboxylic acids is 2. The van der Waals surface area contributed by atoms with Crippen LogP contribution in [-0.4, -0.2) is 32.7 Å². The molecule has 2 aromatic rings. The highest BCUT2D eigenvalue weighted by Crippen LogP contribution is 2.40. The van der Waals surface area contributed by atoms with Crippen molar-refractivity contribution < 1.29 is 23.8 Å². The van der Waals surface area contributed by atoms with Crippen molar-refractivity contribution in [3.63, 3.8) is 0 Å². The van der Waals surface area contributed by atoms with Crippen LogP contribution in [0, 0.1) is 5.92 Å². The van der Waals surface area contributed by atoms with E-state index in [-0.39, 0.29) is 11.8 Å². The molecular weight excluding hydrogens is 378 g/mol. The van der Waals surface area contributed by atoms with Gasteiger partial charge in [0.2, 0.25) is 5.91 Å². The van der Waals surface area contributed by atoms with Crippen LogP contribution < -0.4 is 14.8 Å². The first-order valence-corrected chi connectivity index (χ1v) is 10.3. The normalized spacial score (nSPS) is 13.5. The molecule has 1 fully saturated rings. The van der Waals surface area contributed by atoms with E-state index in [1.54, 1.807) is 20.3 Å². The number of ether oxygens (including phenoxy) is 3. The summed E-state index contributed by atoms with van der Waals surface area (Å²) in [5.41, 5.74) is 1.89. The van der Waals surface area contributed by atoms with Gasteiger partial charge in [-0.05, 0) is 37.0 Å². The summed E-state index contributed by atoms with van der Waals surface area (Å²) in [4.78, 5) is 25.2. The van der Waals surface area contributed by atoms with Crippen LogP contribution in [0.2, 0.25) is 0 Å². The summed E-state index contributed by atoms with van der Waals surface area (Å²) in [6.07, 6.45) is 3.60. The molecule has 1 saturated carbocycles. The maximum atomic E-state index is 12.8. The van der Waals surface area contributed by atoms with Crippen molar-refractivity contribution in [3.05, 3.63) is 29.1 Å². The molecule has 3 rings (SSSR count). The Bertz CT molecular complexity index is 856. The van der Waals surface area contributed by atoms with E-state index in [0.717, 1.165) is 31.2 Å². The molecular formula is C21H25NO5S. The SMILES string of the molecule is CCCOC(=O)c1c(-c2ccc(OC)c(OC)c2)csc1NC(=O)C1CCC1. The summed E-state index contributed by atoms with van der Waals surface area (Å²) in [5, 5.41) is 5.33. The van der Waals surface area contributed by atoms with E-state index in [4.69, 9.17) is 14.2 Å². The van der Waals surface area contributed by atoms with Crippen LogP contribution in [-0.2, 0) is 9.53 Å². The highest BCUT2D eigenvalue weighted by atomic mass is 32.1. The number of carbonyl (C=O) groups is 2. The van der Waals surface area contributed by atoms with E-state index < -0.39 is 5.97 Å². The van der Waals surface area contributed by atoms with Gasteiger partial charge in [0.25, 0.3) is 0 Å². The van der Waals surface area contributed by atoms with Crippen LogP contribution in [0.15, 0.2) is 23.6 Å². The van der Waals surface area contributed by atoms with E-state index in [0.29, 0.717) is 34.2 Å². The molecule has 0 saturated heterocycles. The quantitative estimate of drug-likeness (QED) is 0.645. The molecule has 1 aromatic carbocycles. The van der Waals surface area contributed by atoms with E-state index in [1.165, 1.54) is 11.3 Å². The molecule has 0 unspecified atom stereocenters. The van der Waals surface area contributed by atoms with E-state index >= 15 is 0 Å². The monoisotopic (exact) mass is 403 g/mol. The average Bonchev–Trinajstić information content (AvgIpc) is 3.07. The predicted octanol–water partition coefficient (Wildman–Crippen LogP) is 4.74. The third-order valence-electron chi connectivity index (χ3n) is 4.84. The first kappa shape index (κ1) is 20.2. The Hall–Kier alpha value is -2.54. The summed E-state index contributed by atoms with van der Waals surface area (Å²) in [5.74, 6) is 0.744. The molecule has 0 atom stereocenters. The third kappa shape index (κ3) is 4.14. The van der Waals surface area contributed by atoms with Gasteiger partial charge in [0, 0.05) is 16.9 Å². The van der Waals surface area contributed by atoms with Crippen molar-refractivity contribution in [1.29, 1.82) is 0 Å². The molecule has 1 amide bonds. The van der Waals surface area contributed by atoms with Gasteiger partial charge in [-0.3, -0.25) is 4.79 Å². The van der Waals surface area contributed by atoms with Crippen molar-refractivity contribution in [2.24, 2.45) is 5.92 Å². The molecule has 1 aliphatic carbocycles. The maximum absolute atomic E-state index is 12.8. The Labute approximate surface area is 168 Å². The Kier molecular flexibility index (Phi) is 6.57. The lowest BCUT2D eigenvalue weighted by molar-refractivity contribution is -0.122. The number of benzene rings is 1. The van der Waals surface area contributed by atoms with Crippen molar-refractivity contribution in [2.45, 2.75) is 32.6 Å². The smallest absolute Gasteiger partial charge is 0.341 e. The van der Waals surface area contributed by atoms with Gasteiger partial charge in [-0.25, -0.2) is 4.79 Å². The van der Waals surface area contributed by atoms with Crippen LogP contribution in [0.3, 0.4) is 0 Å². The number of nitrogens with one attached hydrogen (secondary N) is 1. The molecule has 6 nitrogen and oxygen atoms in total. The summed E-state index contributed by atoms with van der Waals surface area (Å²) in [7, 11) is 3.14. The summed E-state index contributed by atoms with van der Waals surface area (Å²) < 4.78 is 16.1. The van der Waals surface area contributed by atoms with Crippen LogP contribution in [0.4, 0.5) is 5.00 Å². The number of hydrogen-bond acceptors (Lipinski definition) is 6. The number of rotatable bonds is 8. The average molecular weight is 404 g/mol. The molecule has 1 heterocycles. The van der Waals surface area contributed by atoms with Gasteiger partial charge in [-0.2, -0.15) is 0 Å². The number of hydrogen-bond donors (Lipinski definition) is 1. The molecule has 7 heteroatoms. The van der Waals surface area contributed by atoms with Crippen LogP contribution in [0.1, 0.15) is 43.0 Å². The minimum Gasteiger partial charge on any atom is -0.493 e. The maximum Gasteiger partial charge on any atom is 0.341 e. The topological polar surface area (TPSA) is 73.9 Å². The fourth-order valence-electron chi connectivity index (χ4n) is 3.02. The van der Waals surface area contributed by atoms with Crippen LogP contribution in [0.25, 0.3) is 11.1 Å². The standard InChI is InChI=1S/C21H25NO5S/c1-4-10-27-21(24)18-15(14-8-9-16(25-2)17(11-14)26-3)12-28-20(18)22-19(23)13-6-5-7-13/h8-9,11-13H,4-7,10H2,1-3H3,(H,22,23). The zero-order valence-corrected chi connectivity index (χ0v) is 17.2. The van der Waals surface area contributed by atoms with E-state index in [9.17, 15) is 9.59 Å². The van der Waals surface area contributed by atoms with E-state index in [2.05, 4.69) is 5.32 Å². The van der Waals surface area contributed by atoms with E-state index in [1.807, 2.05) is 24.4 Å². The minimum absolute atomic E-state index is 0.0310. The fraction of sp³-hybridized carbons (Fsp3) is 0.429. The molecule has 28 heavy (non-hydrogen) atoms. The Morgan fingerprint density at radius 1 is 1.18 bits per heavy atom. The van der Waals surface area contributed by atoms with Gasteiger partial charge in [0.1, 0.15) is 10.6 Å². The fourth-order valence-corrected chi connectivity index (χ4v) is 3.98. The molecule has 0 spiro atoms. The lowest BCUT2D eigenvalue weighted by atomic mass is 9.85. The first-order valence-electron chi connectivity index (χ1n) is 9.40. The van der Waals surface area contributed by atoms with Crippen molar-refractivity contribution in [1.82, 2.24) is 0 Å². The molecule has 150 valence electrons. The summed E-state index contributed by atoms with van der Waals surface area (Å²) in [6.45, 7) is 2.27. The first-order chi connectivity index (χ1) is 13.6. The lowest BCUT2D eigenvalue weighted by Gasteiger charge is -2.23. The highest BCUT2D eigenvalue weighted by Gasteiger charge is 2.29. The van der Waals surface area contributed by atoms with Gasteiger partial charge >= 0.3 is 5.97 Å². The summed E-state index contributed by atoms with van der Waals surface area (Å²) >= 11 is 1.33. The zero-order valence-electron chi connectivity index (χ0n) is 16.4. The minimum atomic E-state index is -0.434. The third-order valence-corrected chi connectivity index (χ3v) is 5.74. The molecule has 1 N–H and O–H groups in total. The zero-order chi connectivity index (χ0) is 20.1. The van der Waals surface area contributed by atoms with Gasteiger partial charge < -0.3 is 19.5 Å². The van der Waals surface area contributed by atoms with Gasteiger partial charge in [-0.1, -0.05) is 19.4 Å². The second-order valence-electron chi connectivity index (χ2n) is 6.68. The molecule has 0 aliphatic heterocycles. The molecule has 0 radical (unpaired) electrons. The Morgan fingerprint density at radius 2 is 1.93 bits per heavy atom. The van der Waals surface area contributed by atoms with Crippen LogP contribution in [0.5, 0.6) is 11.5 Å². The number of esters is 1. The largest absolute Gasteiger partial charge is 0.493 e. The Morgan fingerprint density at radius 3 is 2.54 bits per heavy atom. The second-order valence-corrected chi connectivity index (χ2v) is 7.56.